The lowest BCUT2D eigenvalue weighted by Crippen LogP contribution is -2.41. The fourth-order valence-electron chi connectivity index (χ4n) is 4.66. The Balaban J connectivity index is 0.00000261. The van der Waals surface area contributed by atoms with Crippen molar-refractivity contribution in [3.8, 4) is 0 Å². The van der Waals surface area contributed by atoms with E-state index in [1.165, 1.54) is 32.1 Å². The molecule has 1 aliphatic carbocycles. The van der Waals surface area contributed by atoms with Crippen molar-refractivity contribution in [2.45, 2.75) is 77.3 Å². The monoisotopic (exact) mass is 393 g/mol. The predicted molar refractivity (Wildman–Crippen MR) is 113 cm³/mol. The van der Waals surface area contributed by atoms with Crippen molar-refractivity contribution in [3.05, 3.63) is 30.1 Å². The minimum Gasteiger partial charge on any atom is -0.334 e. The van der Waals surface area contributed by atoms with Gasteiger partial charge in [0, 0.05) is 18.7 Å². The summed E-state index contributed by atoms with van der Waals surface area (Å²) in [5.41, 5.74) is 1.00. The molecule has 4 nitrogen and oxygen atoms in total. The number of rotatable bonds is 6. The standard InChI is InChI=1S/C22H35N3O.ClH/c1-18(19-8-3-2-4-9-19)16-22(26)25(17-20-10-5-6-14-24-20)21-11-7-13-23-15-12-21;/h5-6,10,14,18-19,21,23H,2-4,7-9,11-13,15-17H2,1H3;1H. The van der Waals surface area contributed by atoms with E-state index in [4.69, 9.17) is 0 Å². The van der Waals surface area contributed by atoms with Crippen LogP contribution in [0.15, 0.2) is 24.4 Å². The summed E-state index contributed by atoms with van der Waals surface area (Å²) in [6.07, 6.45) is 12.5. The summed E-state index contributed by atoms with van der Waals surface area (Å²) in [7, 11) is 0. The molecule has 2 unspecified atom stereocenters. The van der Waals surface area contributed by atoms with Crippen molar-refractivity contribution in [1.29, 1.82) is 0 Å². The highest BCUT2D eigenvalue weighted by Crippen LogP contribution is 2.32. The number of amides is 1. The van der Waals surface area contributed by atoms with Gasteiger partial charge in [-0.25, -0.2) is 0 Å². The van der Waals surface area contributed by atoms with E-state index in [9.17, 15) is 4.79 Å². The van der Waals surface area contributed by atoms with Gasteiger partial charge in [0.2, 0.25) is 5.91 Å². The Kier molecular flexibility index (Phi) is 9.57. The first-order valence-electron chi connectivity index (χ1n) is 10.6. The Morgan fingerprint density at radius 3 is 2.70 bits per heavy atom. The van der Waals surface area contributed by atoms with E-state index in [1.807, 2.05) is 24.4 Å². The van der Waals surface area contributed by atoms with Gasteiger partial charge < -0.3 is 10.2 Å². The fourth-order valence-corrected chi connectivity index (χ4v) is 4.66. The minimum absolute atomic E-state index is 0. The van der Waals surface area contributed by atoms with Gasteiger partial charge in [0.05, 0.1) is 12.2 Å². The first kappa shape index (κ1) is 22.2. The summed E-state index contributed by atoms with van der Waals surface area (Å²) in [5, 5.41) is 3.47. The minimum atomic E-state index is 0. The Morgan fingerprint density at radius 2 is 1.96 bits per heavy atom. The maximum absolute atomic E-state index is 13.3. The highest BCUT2D eigenvalue weighted by Gasteiger charge is 2.28. The third kappa shape index (κ3) is 6.76. The molecule has 0 radical (unpaired) electrons. The van der Waals surface area contributed by atoms with E-state index in [0.29, 0.717) is 30.8 Å². The molecule has 2 aliphatic rings. The lowest BCUT2D eigenvalue weighted by atomic mass is 9.79. The van der Waals surface area contributed by atoms with Crippen LogP contribution in [-0.2, 0) is 11.3 Å². The second-order valence-electron chi connectivity index (χ2n) is 8.26. The van der Waals surface area contributed by atoms with Crippen LogP contribution in [0.4, 0.5) is 0 Å². The fraction of sp³-hybridized carbons (Fsp3) is 0.727. The Labute approximate surface area is 170 Å². The van der Waals surface area contributed by atoms with E-state index < -0.39 is 0 Å². The number of aromatic nitrogens is 1. The first-order valence-corrected chi connectivity index (χ1v) is 10.6. The van der Waals surface area contributed by atoms with Crippen molar-refractivity contribution < 1.29 is 4.79 Å². The molecule has 1 amide bonds. The highest BCUT2D eigenvalue weighted by atomic mass is 35.5. The number of carbonyl (C=O) groups is 1. The molecule has 2 atom stereocenters. The zero-order chi connectivity index (χ0) is 18.2. The third-order valence-corrected chi connectivity index (χ3v) is 6.32. The van der Waals surface area contributed by atoms with Gasteiger partial charge in [-0.2, -0.15) is 0 Å². The van der Waals surface area contributed by atoms with E-state index in [-0.39, 0.29) is 12.4 Å². The van der Waals surface area contributed by atoms with Crippen LogP contribution in [0.3, 0.4) is 0 Å². The van der Waals surface area contributed by atoms with Gasteiger partial charge in [0.1, 0.15) is 0 Å². The summed E-state index contributed by atoms with van der Waals surface area (Å²) in [6, 6.07) is 6.35. The first-order chi connectivity index (χ1) is 12.7. The van der Waals surface area contributed by atoms with Crippen molar-refractivity contribution in [3.63, 3.8) is 0 Å². The lowest BCUT2D eigenvalue weighted by molar-refractivity contribution is -0.136. The summed E-state index contributed by atoms with van der Waals surface area (Å²) in [5.74, 6) is 1.57. The normalized spacial score (nSPS) is 22.3. The van der Waals surface area contributed by atoms with Crippen LogP contribution in [0.5, 0.6) is 0 Å². The Bertz CT molecular complexity index is 540. The molecule has 2 fully saturated rings. The molecule has 1 saturated heterocycles. The van der Waals surface area contributed by atoms with Crippen LogP contribution < -0.4 is 5.32 Å². The van der Waals surface area contributed by atoms with Gasteiger partial charge in [-0.1, -0.05) is 45.1 Å². The maximum atomic E-state index is 13.3. The molecule has 1 aliphatic heterocycles. The molecule has 2 heterocycles. The molecule has 1 saturated carbocycles. The summed E-state index contributed by atoms with van der Waals surface area (Å²) < 4.78 is 0. The SMILES string of the molecule is CC(CC(=O)N(Cc1ccccn1)C1CCCNCC1)C1CCCCC1.Cl. The largest absolute Gasteiger partial charge is 0.334 e. The van der Waals surface area contributed by atoms with Crippen LogP contribution in [0.1, 0.15) is 70.4 Å². The number of pyridine rings is 1. The molecule has 0 aromatic carbocycles. The Hall–Kier alpha value is -1.13. The smallest absolute Gasteiger partial charge is 0.223 e. The van der Waals surface area contributed by atoms with Gasteiger partial charge in [0.25, 0.3) is 0 Å². The second kappa shape index (κ2) is 11.7. The summed E-state index contributed by atoms with van der Waals surface area (Å²) >= 11 is 0. The quantitative estimate of drug-likeness (QED) is 0.769. The van der Waals surface area contributed by atoms with Crippen LogP contribution in [0, 0.1) is 11.8 Å². The Morgan fingerprint density at radius 1 is 1.15 bits per heavy atom. The van der Waals surface area contributed by atoms with Crippen molar-refractivity contribution in [2.75, 3.05) is 13.1 Å². The predicted octanol–water partition coefficient (Wildman–Crippen LogP) is 4.58. The number of nitrogens with one attached hydrogen (secondary N) is 1. The molecule has 152 valence electrons. The molecule has 0 bridgehead atoms. The second-order valence-corrected chi connectivity index (χ2v) is 8.26. The number of nitrogens with zero attached hydrogens (tertiary/aromatic N) is 2. The molecule has 27 heavy (non-hydrogen) atoms. The van der Waals surface area contributed by atoms with Crippen LogP contribution in [0.2, 0.25) is 0 Å². The zero-order valence-electron chi connectivity index (χ0n) is 16.7. The summed E-state index contributed by atoms with van der Waals surface area (Å²) in [4.78, 5) is 19.9. The molecular formula is C22H36ClN3O. The number of hydrogen-bond acceptors (Lipinski definition) is 3. The molecule has 1 N–H and O–H groups in total. The van der Waals surface area contributed by atoms with Gasteiger partial charge >= 0.3 is 0 Å². The molecule has 0 spiro atoms. The molecule has 5 heteroatoms. The number of halogens is 1. The van der Waals surface area contributed by atoms with E-state index in [0.717, 1.165) is 44.0 Å². The van der Waals surface area contributed by atoms with Crippen LogP contribution >= 0.6 is 12.4 Å². The van der Waals surface area contributed by atoms with Crippen molar-refractivity contribution in [2.24, 2.45) is 11.8 Å². The van der Waals surface area contributed by atoms with Crippen LogP contribution in [0.25, 0.3) is 0 Å². The molecule has 1 aromatic heterocycles. The topological polar surface area (TPSA) is 45.2 Å². The lowest BCUT2D eigenvalue weighted by Gasteiger charge is -2.34. The maximum Gasteiger partial charge on any atom is 0.223 e. The van der Waals surface area contributed by atoms with Gasteiger partial charge in [-0.15, -0.1) is 12.4 Å². The van der Waals surface area contributed by atoms with Gasteiger partial charge in [-0.05, 0) is 56.3 Å². The van der Waals surface area contributed by atoms with E-state index in [1.54, 1.807) is 0 Å². The zero-order valence-corrected chi connectivity index (χ0v) is 17.6. The summed E-state index contributed by atoms with van der Waals surface area (Å²) in [6.45, 7) is 5.03. The molecule has 3 rings (SSSR count). The average Bonchev–Trinajstić information content (AvgIpc) is 2.97. The van der Waals surface area contributed by atoms with Crippen molar-refractivity contribution >= 4 is 18.3 Å². The highest BCUT2D eigenvalue weighted by molar-refractivity contribution is 5.85. The van der Waals surface area contributed by atoms with Crippen molar-refractivity contribution in [1.82, 2.24) is 15.2 Å². The van der Waals surface area contributed by atoms with E-state index >= 15 is 0 Å². The average molecular weight is 394 g/mol. The van der Waals surface area contributed by atoms with Crippen LogP contribution in [-0.4, -0.2) is 34.9 Å². The van der Waals surface area contributed by atoms with Gasteiger partial charge in [0.15, 0.2) is 0 Å². The molecular weight excluding hydrogens is 358 g/mol. The molecule has 1 aromatic rings. The van der Waals surface area contributed by atoms with E-state index in [2.05, 4.69) is 22.1 Å². The third-order valence-electron chi connectivity index (χ3n) is 6.32. The number of carbonyl (C=O) groups excluding carboxylic acids is 1. The number of hydrogen-bond donors (Lipinski definition) is 1. The van der Waals surface area contributed by atoms with Gasteiger partial charge in [-0.3, -0.25) is 9.78 Å².